The molecule has 5 nitrogen and oxygen atoms in total. The first-order valence-electron chi connectivity index (χ1n) is 9.26. The molecule has 0 aromatic heterocycles. The zero-order valence-electron chi connectivity index (χ0n) is 15.4. The first kappa shape index (κ1) is 18.1. The molecule has 4 rings (SSSR count). The molecule has 142 valence electrons. The topological polar surface area (TPSA) is 42.0 Å². The Morgan fingerprint density at radius 1 is 1.04 bits per heavy atom. The average molecular weight is 387 g/mol. The Bertz CT molecular complexity index is 849. The van der Waals surface area contributed by atoms with E-state index in [1.807, 2.05) is 41.3 Å². The number of aryl methyl sites for hydroxylation is 1. The van der Waals surface area contributed by atoms with Gasteiger partial charge in [0.1, 0.15) is 12.4 Å². The number of fused-ring (bicyclic) bond motifs is 1. The van der Waals surface area contributed by atoms with Gasteiger partial charge in [-0.2, -0.15) is 0 Å². The van der Waals surface area contributed by atoms with Gasteiger partial charge >= 0.3 is 0 Å². The summed E-state index contributed by atoms with van der Waals surface area (Å²) in [6.45, 7) is 6.85. The molecule has 2 aromatic rings. The molecule has 27 heavy (non-hydrogen) atoms. The van der Waals surface area contributed by atoms with Crippen molar-refractivity contribution in [2.45, 2.75) is 13.5 Å². The summed E-state index contributed by atoms with van der Waals surface area (Å²) in [4.78, 5) is 17.2. The summed E-state index contributed by atoms with van der Waals surface area (Å²) in [6, 6.07) is 11.5. The van der Waals surface area contributed by atoms with E-state index in [9.17, 15) is 4.79 Å². The van der Waals surface area contributed by atoms with Gasteiger partial charge in [-0.25, -0.2) is 0 Å². The summed E-state index contributed by atoms with van der Waals surface area (Å²) >= 11 is 6.11. The highest BCUT2D eigenvalue weighted by Gasteiger charge is 2.22. The van der Waals surface area contributed by atoms with Crippen molar-refractivity contribution >= 4 is 23.2 Å². The summed E-state index contributed by atoms with van der Waals surface area (Å²) in [6.07, 6.45) is 0. The van der Waals surface area contributed by atoms with Crippen LogP contribution < -0.4 is 9.64 Å². The van der Waals surface area contributed by atoms with Gasteiger partial charge in [0, 0.05) is 41.5 Å². The van der Waals surface area contributed by atoms with Crippen LogP contribution in [0.1, 0.15) is 21.5 Å². The lowest BCUT2D eigenvalue weighted by atomic mass is 10.1. The zero-order chi connectivity index (χ0) is 18.8. The number of ether oxygens (including phenoxy) is 2. The highest BCUT2D eigenvalue weighted by molar-refractivity contribution is 6.30. The molecule has 1 amide bonds. The lowest BCUT2D eigenvalue weighted by Crippen LogP contribution is -2.36. The monoisotopic (exact) mass is 386 g/mol. The number of hydrogen-bond donors (Lipinski definition) is 0. The number of carbonyl (C=O) groups excluding carboxylic acids is 1. The Hall–Kier alpha value is -2.24. The number of benzene rings is 2. The summed E-state index contributed by atoms with van der Waals surface area (Å²) in [5.41, 5.74) is 3.92. The van der Waals surface area contributed by atoms with Crippen LogP contribution in [-0.2, 0) is 11.3 Å². The third kappa shape index (κ3) is 3.89. The smallest absolute Gasteiger partial charge is 0.254 e. The number of halogens is 1. The molecule has 0 radical (unpaired) electrons. The predicted octanol–water partition coefficient (Wildman–Crippen LogP) is 3.52. The van der Waals surface area contributed by atoms with Gasteiger partial charge < -0.3 is 19.3 Å². The fraction of sp³-hybridized carbons (Fsp3) is 0.381. The SMILES string of the molecule is Cc1cc(C(=O)N2CCOc3ccc(Cl)cc3C2)ccc1N1CCOCC1. The third-order valence-corrected chi connectivity index (χ3v) is 5.32. The number of carbonyl (C=O) groups is 1. The molecule has 0 unspecified atom stereocenters. The van der Waals surface area contributed by atoms with Gasteiger partial charge in [-0.05, 0) is 48.9 Å². The average Bonchev–Trinajstić information content (AvgIpc) is 2.90. The van der Waals surface area contributed by atoms with E-state index in [0.29, 0.717) is 30.3 Å². The van der Waals surface area contributed by atoms with Crippen LogP contribution in [0.4, 0.5) is 5.69 Å². The van der Waals surface area contributed by atoms with E-state index in [4.69, 9.17) is 21.1 Å². The van der Waals surface area contributed by atoms with Gasteiger partial charge in [0.25, 0.3) is 5.91 Å². The van der Waals surface area contributed by atoms with Gasteiger partial charge in [-0.15, -0.1) is 0 Å². The van der Waals surface area contributed by atoms with Crippen molar-refractivity contribution in [3.63, 3.8) is 0 Å². The maximum atomic E-state index is 13.1. The first-order chi connectivity index (χ1) is 13.1. The normalized spacial score (nSPS) is 17.1. The quantitative estimate of drug-likeness (QED) is 0.792. The van der Waals surface area contributed by atoms with Crippen LogP contribution in [0, 0.1) is 6.92 Å². The van der Waals surface area contributed by atoms with E-state index in [2.05, 4.69) is 11.8 Å². The van der Waals surface area contributed by atoms with Gasteiger partial charge in [-0.3, -0.25) is 4.79 Å². The number of nitrogens with zero attached hydrogens (tertiary/aromatic N) is 2. The van der Waals surface area contributed by atoms with Crippen LogP contribution in [0.3, 0.4) is 0 Å². The number of morpholine rings is 1. The van der Waals surface area contributed by atoms with E-state index in [0.717, 1.165) is 43.2 Å². The Morgan fingerprint density at radius 3 is 2.63 bits per heavy atom. The van der Waals surface area contributed by atoms with Crippen LogP contribution in [0.15, 0.2) is 36.4 Å². The van der Waals surface area contributed by atoms with Gasteiger partial charge in [-0.1, -0.05) is 11.6 Å². The van der Waals surface area contributed by atoms with Crippen molar-refractivity contribution in [1.82, 2.24) is 4.90 Å². The Morgan fingerprint density at radius 2 is 1.85 bits per heavy atom. The molecular formula is C21H23ClN2O3. The van der Waals surface area contributed by atoms with Crippen LogP contribution in [0.25, 0.3) is 0 Å². The van der Waals surface area contributed by atoms with Crippen molar-refractivity contribution < 1.29 is 14.3 Å². The molecule has 1 fully saturated rings. The minimum absolute atomic E-state index is 0.0167. The van der Waals surface area contributed by atoms with Crippen LogP contribution in [0.2, 0.25) is 5.02 Å². The van der Waals surface area contributed by atoms with Crippen molar-refractivity contribution in [2.24, 2.45) is 0 Å². The van der Waals surface area contributed by atoms with Crippen LogP contribution in [-0.4, -0.2) is 50.3 Å². The van der Waals surface area contributed by atoms with E-state index in [-0.39, 0.29) is 5.91 Å². The maximum absolute atomic E-state index is 13.1. The number of rotatable bonds is 2. The molecule has 0 atom stereocenters. The van der Waals surface area contributed by atoms with Crippen molar-refractivity contribution in [3.8, 4) is 5.75 Å². The highest BCUT2D eigenvalue weighted by atomic mass is 35.5. The summed E-state index contributed by atoms with van der Waals surface area (Å²) in [7, 11) is 0. The summed E-state index contributed by atoms with van der Waals surface area (Å²) in [5, 5.41) is 0.650. The second-order valence-electron chi connectivity index (χ2n) is 6.93. The largest absolute Gasteiger partial charge is 0.491 e. The maximum Gasteiger partial charge on any atom is 0.254 e. The minimum atomic E-state index is 0.0167. The van der Waals surface area contributed by atoms with Gasteiger partial charge in [0.2, 0.25) is 0 Å². The fourth-order valence-electron chi connectivity index (χ4n) is 3.67. The number of hydrogen-bond acceptors (Lipinski definition) is 4. The molecule has 2 aromatic carbocycles. The van der Waals surface area contributed by atoms with E-state index >= 15 is 0 Å². The Kier molecular flexibility index (Phi) is 5.23. The molecule has 0 spiro atoms. The second kappa shape index (κ2) is 7.79. The Balaban J connectivity index is 1.54. The van der Waals surface area contributed by atoms with Crippen molar-refractivity contribution in [1.29, 1.82) is 0 Å². The summed E-state index contributed by atoms with van der Waals surface area (Å²) in [5.74, 6) is 0.816. The molecule has 2 aliphatic heterocycles. The highest BCUT2D eigenvalue weighted by Crippen LogP contribution is 2.28. The van der Waals surface area contributed by atoms with E-state index in [1.54, 1.807) is 0 Å². The molecule has 0 N–H and O–H groups in total. The number of anilines is 1. The minimum Gasteiger partial charge on any atom is -0.491 e. The Labute approximate surface area is 164 Å². The molecule has 0 saturated carbocycles. The third-order valence-electron chi connectivity index (χ3n) is 5.09. The summed E-state index contributed by atoms with van der Waals surface area (Å²) < 4.78 is 11.2. The molecule has 0 bridgehead atoms. The van der Waals surface area contributed by atoms with Gasteiger partial charge in [0.15, 0.2) is 0 Å². The molecular weight excluding hydrogens is 364 g/mol. The molecule has 0 aliphatic carbocycles. The standard InChI is InChI=1S/C21H23ClN2O3/c1-15-12-16(2-4-19(15)23-6-9-26-10-7-23)21(25)24-8-11-27-20-5-3-18(22)13-17(20)14-24/h2-5,12-13H,6-11,14H2,1H3. The number of amides is 1. The molecule has 2 heterocycles. The van der Waals surface area contributed by atoms with Crippen molar-refractivity contribution in [2.75, 3.05) is 44.4 Å². The van der Waals surface area contributed by atoms with E-state index < -0.39 is 0 Å². The lowest BCUT2D eigenvalue weighted by Gasteiger charge is -2.30. The molecule has 1 saturated heterocycles. The molecule has 6 heteroatoms. The second-order valence-corrected chi connectivity index (χ2v) is 7.36. The van der Waals surface area contributed by atoms with Crippen LogP contribution in [0.5, 0.6) is 5.75 Å². The molecule has 2 aliphatic rings. The first-order valence-corrected chi connectivity index (χ1v) is 9.63. The lowest BCUT2D eigenvalue weighted by molar-refractivity contribution is 0.0733. The van der Waals surface area contributed by atoms with Gasteiger partial charge in [0.05, 0.1) is 19.8 Å². The van der Waals surface area contributed by atoms with E-state index in [1.165, 1.54) is 5.69 Å². The van der Waals surface area contributed by atoms with Crippen molar-refractivity contribution in [3.05, 3.63) is 58.1 Å². The fourth-order valence-corrected chi connectivity index (χ4v) is 3.86. The van der Waals surface area contributed by atoms with Crippen LogP contribution >= 0.6 is 11.6 Å². The predicted molar refractivity (Wildman–Crippen MR) is 106 cm³/mol. The zero-order valence-corrected chi connectivity index (χ0v) is 16.2.